The van der Waals surface area contributed by atoms with Crippen molar-refractivity contribution in [1.29, 1.82) is 0 Å². The van der Waals surface area contributed by atoms with Crippen molar-refractivity contribution in [2.75, 3.05) is 12.4 Å². The smallest absolute Gasteiger partial charge is 0.248 e. The lowest BCUT2D eigenvalue weighted by atomic mass is 10.2. The Bertz CT molecular complexity index is 1250. The second kappa shape index (κ2) is 9.40. The highest BCUT2D eigenvalue weighted by Crippen LogP contribution is 2.31. The molecule has 0 aliphatic carbocycles. The molecule has 0 aliphatic heterocycles. The number of rotatable bonds is 7. The molecule has 0 spiro atoms. The van der Waals surface area contributed by atoms with Crippen LogP contribution in [0, 0.1) is 6.92 Å². The highest BCUT2D eigenvalue weighted by atomic mass is 32.1. The molecule has 1 N–H and O–H groups in total. The van der Waals surface area contributed by atoms with Gasteiger partial charge in [0.1, 0.15) is 6.61 Å². The molecule has 0 atom stereocenters. The van der Waals surface area contributed by atoms with E-state index in [1.807, 2.05) is 43.3 Å². The lowest BCUT2D eigenvalue weighted by molar-refractivity contribution is -0.111. The zero-order chi connectivity index (χ0) is 21.6. The minimum absolute atomic E-state index is 0.238. The number of fused-ring (bicyclic) bond motifs is 1. The first-order valence-electron chi connectivity index (χ1n) is 9.68. The third-order valence-electron chi connectivity index (χ3n) is 4.50. The molecule has 0 saturated heterocycles. The molecule has 4 rings (SSSR count). The summed E-state index contributed by atoms with van der Waals surface area (Å²) in [5, 5.41) is 4.88. The average molecular weight is 432 g/mol. The molecule has 156 valence electrons. The standard InChI is InChI=1S/C24H21N3O3S/c1-16-25-14-20(31-16)10-12-24(28)27-18-9-11-22(29-2)23(13-18)30-15-19-8-7-17-5-3-4-6-21(17)26-19/h3-14H,15H2,1-2H3,(H,27,28)/b12-10+. The van der Waals surface area contributed by atoms with Gasteiger partial charge in [-0.2, -0.15) is 0 Å². The van der Waals surface area contributed by atoms with Gasteiger partial charge in [-0.1, -0.05) is 24.3 Å². The number of carbonyl (C=O) groups is 1. The Kier molecular flexibility index (Phi) is 6.24. The molecule has 0 aliphatic rings. The summed E-state index contributed by atoms with van der Waals surface area (Å²) in [6, 6.07) is 17.2. The molecule has 4 aromatic rings. The van der Waals surface area contributed by atoms with Crippen LogP contribution in [0.25, 0.3) is 17.0 Å². The Labute approximate surface area is 184 Å². The molecule has 0 radical (unpaired) electrons. The first-order valence-corrected chi connectivity index (χ1v) is 10.5. The second-order valence-corrected chi connectivity index (χ2v) is 8.02. The molecule has 1 amide bonds. The van der Waals surface area contributed by atoms with Crippen LogP contribution in [0.1, 0.15) is 15.6 Å². The maximum atomic E-state index is 12.3. The van der Waals surface area contributed by atoms with Gasteiger partial charge in [-0.15, -0.1) is 11.3 Å². The van der Waals surface area contributed by atoms with E-state index in [9.17, 15) is 4.79 Å². The van der Waals surface area contributed by atoms with Crippen LogP contribution in [0.3, 0.4) is 0 Å². The van der Waals surface area contributed by atoms with Crippen molar-refractivity contribution in [3.05, 3.63) is 82.4 Å². The van der Waals surface area contributed by atoms with E-state index in [1.54, 1.807) is 37.6 Å². The molecule has 0 saturated carbocycles. The topological polar surface area (TPSA) is 73.3 Å². The van der Waals surface area contributed by atoms with E-state index in [2.05, 4.69) is 15.3 Å². The van der Waals surface area contributed by atoms with Crippen LogP contribution in [0.4, 0.5) is 5.69 Å². The van der Waals surface area contributed by atoms with E-state index in [0.29, 0.717) is 17.2 Å². The van der Waals surface area contributed by atoms with E-state index in [4.69, 9.17) is 9.47 Å². The first kappa shape index (κ1) is 20.6. The maximum Gasteiger partial charge on any atom is 0.248 e. The molecule has 7 heteroatoms. The number of pyridine rings is 1. The number of aryl methyl sites for hydroxylation is 1. The van der Waals surface area contributed by atoms with E-state index in [0.717, 1.165) is 26.5 Å². The zero-order valence-electron chi connectivity index (χ0n) is 17.2. The number of para-hydroxylation sites is 1. The number of ether oxygens (including phenoxy) is 2. The highest BCUT2D eigenvalue weighted by molar-refractivity contribution is 7.12. The molecule has 6 nitrogen and oxygen atoms in total. The third kappa shape index (κ3) is 5.26. The SMILES string of the molecule is COc1ccc(NC(=O)/C=C/c2cnc(C)s2)cc1OCc1ccc2ccccc2n1. The predicted octanol–water partition coefficient (Wildman–Crippen LogP) is 5.24. The highest BCUT2D eigenvalue weighted by Gasteiger charge is 2.09. The second-order valence-electron chi connectivity index (χ2n) is 6.75. The number of thiazole rings is 1. The fraction of sp³-hybridized carbons (Fsp3) is 0.125. The summed E-state index contributed by atoms with van der Waals surface area (Å²) >= 11 is 1.53. The Balaban J connectivity index is 1.45. The van der Waals surface area contributed by atoms with Crippen LogP contribution in [0.2, 0.25) is 0 Å². The van der Waals surface area contributed by atoms with Crippen molar-refractivity contribution in [2.24, 2.45) is 0 Å². The number of aromatic nitrogens is 2. The van der Waals surface area contributed by atoms with Crippen LogP contribution in [0.5, 0.6) is 11.5 Å². The number of nitrogens with one attached hydrogen (secondary N) is 1. The molecule has 2 aromatic carbocycles. The monoisotopic (exact) mass is 431 g/mol. The molecule has 2 aromatic heterocycles. The Morgan fingerprint density at radius 3 is 2.81 bits per heavy atom. The number of benzene rings is 2. The lowest BCUT2D eigenvalue weighted by Crippen LogP contribution is -2.08. The first-order chi connectivity index (χ1) is 15.1. The number of carbonyl (C=O) groups excluding carboxylic acids is 1. The molecule has 0 bridgehead atoms. The molecular formula is C24H21N3O3S. The number of amides is 1. The minimum atomic E-state index is -0.238. The lowest BCUT2D eigenvalue weighted by Gasteiger charge is -2.12. The van der Waals surface area contributed by atoms with Crippen LogP contribution < -0.4 is 14.8 Å². The quantitative estimate of drug-likeness (QED) is 0.405. The normalized spacial score (nSPS) is 11.0. The van der Waals surface area contributed by atoms with Crippen molar-refractivity contribution in [2.45, 2.75) is 13.5 Å². The van der Waals surface area contributed by atoms with Crippen LogP contribution in [0.15, 0.2) is 66.9 Å². The van der Waals surface area contributed by atoms with Gasteiger partial charge < -0.3 is 14.8 Å². The number of hydrogen-bond donors (Lipinski definition) is 1. The van der Waals surface area contributed by atoms with Gasteiger partial charge in [-0.3, -0.25) is 4.79 Å². The van der Waals surface area contributed by atoms with Gasteiger partial charge in [0.15, 0.2) is 11.5 Å². The van der Waals surface area contributed by atoms with Crippen molar-refractivity contribution < 1.29 is 14.3 Å². The largest absolute Gasteiger partial charge is 0.493 e. The van der Waals surface area contributed by atoms with Gasteiger partial charge in [0.05, 0.1) is 23.3 Å². The van der Waals surface area contributed by atoms with Gasteiger partial charge >= 0.3 is 0 Å². The molecule has 0 unspecified atom stereocenters. The van der Waals surface area contributed by atoms with E-state index in [-0.39, 0.29) is 12.5 Å². The number of anilines is 1. The average Bonchev–Trinajstić information content (AvgIpc) is 3.21. The number of nitrogens with zero attached hydrogens (tertiary/aromatic N) is 2. The predicted molar refractivity (Wildman–Crippen MR) is 124 cm³/mol. The Morgan fingerprint density at radius 2 is 2.00 bits per heavy atom. The van der Waals surface area contributed by atoms with Gasteiger partial charge in [0.25, 0.3) is 0 Å². The van der Waals surface area contributed by atoms with Gasteiger partial charge in [-0.05, 0) is 37.3 Å². The summed E-state index contributed by atoms with van der Waals surface area (Å²) < 4.78 is 11.3. The maximum absolute atomic E-state index is 12.3. The Hall–Kier alpha value is -3.71. The minimum Gasteiger partial charge on any atom is -0.493 e. The van der Waals surface area contributed by atoms with Crippen molar-refractivity contribution >= 4 is 39.9 Å². The summed E-state index contributed by atoms with van der Waals surface area (Å²) in [4.78, 5) is 22.0. The summed E-state index contributed by atoms with van der Waals surface area (Å²) in [7, 11) is 1.58. The van der Waals surface area contributed by atoms with Gasteiger partial charge in [0.2, 0.25) is 5.91 Å². The van der Waals surface area contributed by atoms with Crippen LogP contribution in [-0.2, 0) is 11.4 Å². The van der Waals surface area contributed by atoms with Crippen molar-refractivity contribution in [3.63, 3.8) is 0 Å². The number of methoxy groups -OCH3 is 1. The number of hydrogen-bond acceptors (Lipinski definition) is 6. The fourth-order valence-corrected chi connectivity index (χ4v) is 3.69. The van der Waals surface area contributed by atoms with Crippen LogP contribution >= 0.6 is 11.3 Å². The van der Waals surface area contributed by atoms with E-state index < -0.39 is 0 Å². The van der Waals surface area contributed by atoms with Crippen molar-refractivity contribution in [3.8, 4) is 11.5 Å². The molecule has 2 heterocycles. The van der Waals surface area contributed by atoms with Gasteiger partial charge in [-0.25, -0.2) is 9.97 Å². The zero-order valence-corrected chi connectivity index (χ0v) is 18.0. The summed E-state index contributed by atoms with van der Waals surface area (Å²) in [6.07, 6.45) is 4.97. The molecule has 0 fully saturated rings. The fourth-order valence-electron chi connectivity index (χ4n) is 3.00. The van der Waals surface area contributed by atoms with Crippen molar-refractivity contribution in [1.82, 2.24) is 9.97 Å². The molecule has 31 heavy (non-hydrogen) atoms. The summed E-state index contributed by atoms with van der Waals surface area (Å²) in [5.41, 5.74) is 2.33. The third-order valence-corrected chi connectivity index (χ3v) is 5.38. The van der Waals surface area contributed by atoms with Gasteiger partial charge in [0, 0.05) is 34.3 Å². The molecular weight excluding hydrogens is 410 g/mol. The summed E-state index contributed by atoms with van der Waals surface area (Å²) in [5.74, 6) is 0.866. The van der Waals surface area contributed by atoms with E-state index in [1.165, 1.54) is 17.4 Å². The van der Waals surface area contributed by atoms with E-state index >= 15 is 0 Å². The summed E-state index contributed by atoms with van der Waals surface area (Å²) in [6.45, 7) is 2.21. The van der Waals surface area contributed by atoms with Crippen LogP contribution in [-0.4, -0.2) is 23.0 Å². The Morgan fingerprint density at radius 1 is 1.13 bits per heavy atom.